The van der Waals surface area contributed by atoms with Gasteiger partial charge in [0.15, 0.2) is 0 Å². The first-order valence-corrected chi connectivity index (χ1v) is 6.78. The number of nitrogens with one attached hydrogen (secondary N) is 2. The number of imide groups is 1. The Morgan fingerprint density at radius 3 is 2.65 bits per heavy atom. The van der Waals surface area contributed by atoms with Gasteiger partial charge >= 0.3 is 0 Å². The number of hydrogen-bond acceptors (Lipinski definition) is 4. The molecule has 5 nitrogen and oxygen atoms in total. The van der Waals surface area contributed by atoms with Crippen LogP contribution in [0.25, 0.3) is 0 Å². The second kappa shape index (κ2) is 5.19. The lowest BCUT2D eigenvalue weighted by Gasteiger charge is -2.34. The minimum atomic E-state index is -0.310. The van der Waals surface area contributed by atoms with Crippen molar-refractivity contribution in [2.24, 2.45) is 0 Å². The zero-order valence-corrected chi connectivity index (χ0v) is 11.2. The molecule has 1 fully saturated rings. The standard InChI is InChI=1S/C15H17N3O2/c1-2-12(18-8-6-16-7-9-18)10-4-3-5-11-13(10)15(20)17-14(11)19/h2-5,12,16H,1,6-9H2,(H,17,19,20). The van der Waals surface area contributed by atoms with Crippen molar-refractivity contribution >= 4 is 11.8 Å². The Morgan fingerprint density at radius 2 is 1.95 bits per heavy atom. The zero-order chi connectivity index (χ0) is 14.1. The first-order valence-electron chi connectivity index (χ1n) is 6.78. The summed E-state index contributed by atoms with van der Waals surface area (Å²) < 4.78 is 0. The van der Waals surface area contributed by atoms with Gasteiger partial charge in [0.2, 0.25) is 0 Å². The average molecular weight is 271 g/mol. The zero-order valence-electron chi connectivity index (χ0n) is 11.2. The minimum Gasteiger partial charge on any atom is -0.314 e. The van der Waals surface area contributed by atoms with Gasteiger partial charge in [-0.15, -0.1) is 6.58 Å². The lowest BCUT2D eigenvalue weighted by molar-refractivity contribution is 0.0878. The number of piperazine rings is 1. The fraction of sp³-hybridized carbons (Fsp3) is 0.333. The molecule has 1 aromatic rings. The Balaban J connectivity index is 2.02. The van der Waals surface area contributed by atoms with Crippen molar-refractivity contribution < 1.29 is 9.59 Å². The number of nitrogens with zero attached hydrogens (tertiary/aromatic N) is 1. The Morgan fingerprint density at radius 1 is 1.20 bits per heavy atom. The third kappa shape index (κ3) is 2.05. The second-order valence-electron chi connectivity index (χ2n) is 5.02. The molecule has 1 atom stereocenters. The molecule has 1 aromatic carbocycles. The molecule has 0 spiro atoms. The maximum Gasteiger partial charge on any atom is 0.259 e. The van der Waals surface area contributed by atoms with E-state index in [-0.39, 0.29) is 17.9 Å². The molecule has 2 amide bonds. The van der Waals surface area contributed by atoms with Crippen LogP contribution in [-0.2, 0) is 0 Å². The normalized spacial score (nSPS) is 20.4. The van der Waals surface area contributed by atoms with Gasteiger partial charge in [0.05, 0.1) is 17.2 Å². The predicted molar refractivity (Wildman–Crippen MR) is 75.6 cm³/mol. The molecule has 104 valence electrons. The molecule has 2 heterocycles. The van der Waals surface area contributed by atoms with Crippen molar-refractivity contribution in [3.05, 3.63) is 47.5 Å². The van der Waals surface area contributed by atoms with Gasteiger partial charge in [-0.3, -0.25) is 19.8 Å². The van der Waals surface area contributed by atoms with Crippen LogP contribution in [0.15, 0.2) is 30.9 Å². The van der Waals surface area contributed by atoms with Gasteiger partial charge < -0.3 is 5.32 Å². The van der Waals surface area contributed by atoms with Gasteiger partial charge in [0, 0.05) is 26.2 Å². The second-order valence-corrected chi connectivity index (χ2v) is 5.02. The van der Waals surface area contributed by atoms with Gasteiger partial charge in [-0.25, -0.2) is 0 Å². The number of rotatable bonds is 3. The Bertz CT molecular complexity index is 576. The van der Waals surface area contributed by atoms with E-state index in [1.54, 1.807) is 6.07 Å². The lowest BCUT2D eigenvalue weighted by atomic mass is 9.95. The minimum absolute atomic E-state index is 0.0382. The highest BCUT2D eigenvalue weighted by atomic mass is 16.2. The quantitative estimate of drug-likeness (QED) is 0.627. The molecular formula is C15H17N3O2. The third-order valence-electron chi connectivity index (χ3n) is 3.88. The van der Waals surface area contributed by atoms with E-state index in [2.05, 4.69) is 22.1 Å². The summed E-state index contributed by atoms with van der Waals surface area (Å²) in [6.07, 6.45) is 1.84. The van der Waals surface area contributed by atoms with Gasteiger partial charge in [0.25, 0.3) is 11.8 Å². The van der Waals surface area contributed by atoms with E-state index in [0.717, 1.165) is 31.7 Å². The molecular weight excluding hydrogens is 254 g/mol. The van der Waals surface area contributed by atoms with E-state index in [1.807, 2.05) is 18.2 Å². The summed E-state index contributed by atoms with van der Waals surface area (Å²) in [5.74, 6) is -0.613. The van der Waals surface area contributed by atoms with Crippen LogP contribution in [0.3, 0.4) is 0 Å². The largest absolute Gasteiger partial charge is 0.314 e. The number of carbonyl (C=O) groups excluding carboxylic acids is 2. The van der Waals surface area contributed by atoms with Crippen LogP contribution >= 0.6 is 0 Å². The summed E-state index contributed by atoms with van der Waals surface area (Å²) in [7, 11) is 0. The maximum atomic E-state index is 12.0. The summed E-state index contributed by atoms with van der Waals surface area (Å²) in [6.45, 7) is 7.54. The molecule has 1 unspecified atom stereocenters. The number of carbonyl (C=O) groups is 2. The summed E-state index contributed by atoms with van der Waals surface area (Å²) >= 11 is 0. The van der Waals surface area contributed by atoms with E-state index < -0.39 is 0 Å². The Kier molecular flexibility index (Phi) is 3.38. The molecule has 0 radical (unpaired) electrons. The summed E-state index contributed by atoms with van der Waals surface area (Å²) in [6, 6.07) is 5.39. The molecule has 0 saturated carbocycles. The first-order chi connectivity index (χ1) is 9.72. The van der Waals surface area contributed by atoms with Gasteiger partial charge in [-0.2, -0.15) is 0 Å². The van der Waals surface area contributed by atoms with Gasteiger partial charge in [-0.1, -0.05) is 18.2 Å². The van der Waals surface area contributed by atoms with Crippen LogP contribution in [-0.4, -0.2) is 42.9 Å². The van der Waals surface area contributed by atoms with Gasteiger partial charge in [-0.05, 0) is 11.6 Å². The fourth-order valence-electron chi connectivity index (χ4n) is 2.93. The molecule has 0 aromatic heterocycles. The van der Waals surface area contributed by atoms with Crippen molar-refractivity contribution in [1.29, 1.82) is 0 Å². The molecule has 2 aliphatic heterocycles. The van der Waals surface area contributed by atoms with Crippen LogP contribution in [0.1, 0.15) is 32.3 Å². The first kappa shape index (κ1) is 13.0. The molecule has 0 aliphatic carbocycles. The number of hydrogen-bond donors (Lipinski definition) is 2. The smallest absolute Gasteiger partial charge is 0.259 e. The Hall–Kier alpha value is -1.98. The molecule has 20 heavy (non-hydrogen) atoms. The van der Waals surface area contributed by atoms with Crippen molar-refractivity contribution in [2.45, 2.75) is 6.04 Å². The van der Waals surface area contributed by atoms with Crippen LogP contribution in [0.2, 0.25) is 0 Å². The van der Waals surface area contributed by atoms with E-state index in [4.69, 9.17) is 0 Å². The lowest BCUT2D eigenvalue weighted by Crippen LogP contribution is -2.45. The van der Waals surface area contributed by atoms with Crippen molar-refractivity contribution in [3.8, 4) is 0 Å². The van der Waals surface area contributed by atoms with E-state index in [0.29, 0.717) is 11.1 Å². The highest BCUT2D eigenvalue weighted by Gasteiger charge is 2.32. The van der Waals surface area contributed by atoms with E-state index in [1.165, 1.54) is 0 Å². The predicted octanol–water partition coefficient (Wildman–Crippen LogP) is 0.703. The summed E-state index contributed by atoms with van der Waals surface area (Å²) in [4.78, 5) is 26.0. The van der Waals surface area contributed by atoms with Crippen LogP contribution in [0, 0.1) is 0 Å². The van der Waals surface area contributed by atoms with E-state index in [9.17, 15) is 9.59 Å². The van der Waals surface area contributed by atoms with Crippen LogP contribution in [0.5, 0.6) is 0 Å². The topological polar surface area (TPSA) is 61.4 Å². The van der Waals surface area contributed by atoms with E-state index >= 15 is 0 Å². The van der Waals surface area contributed by atoms with Crippen molar-refractivity contribution in [3.63, 3.8) is 0 Å². The summed E-state index contributed by atoms with van der Waals surface area (Å²) in [5, 5.41) is 5.67. The molecule has 1 saturated heterocycles. The van der Waals surface area contributed by atoms with Crippen molar-refractivity contribution in [2.75, 3.05) is 26.2 Å². The Labute approximate surface area is 117 Å². The highest BCUT2D eigenvalue weighted by Crippen LogP contribution is 2.29. The monoisotopic (exact) mass is 271 g/mol. The van der Waals surface area contributed by atoms with Crippen LogP contribution in [0.4, 0.5) is 0 Å². The summed E-state index contributed by atoms with van der Waals surface area (Å²) in [5.41, 5.74) is 1.83. The van der Waals surface area contributed by atoms with Gasteiger partial charge in [0.1, 0.15) is 0 Å². The number of benzene rings is 1. The molecule has 2 N–H and O–H groups in total. The van der Waals surface area contributed by atoms with Crippen molar-refractivity contribution in [1.82, 2.24) is 15.5 Å². The molecule has 0 bridgehead atoms. The SMILES string of the molecule is C=CC(c1cccc2c1C(=O)NC2=O)N1CCNCC1. The highest BCUT2D eigenvalue weighted by molar-refractivity contribution is 6.22. The number of fused-ring (bicyclic) bond motifs is 1. The molecule has 5 heteroatoms. The molecule has 2 aliphatic rings. The fourth-order valence-corrected chi connectivity index (χ4v) is 2.93. The third-order valence-corrected chi connectivity index (χ3v) is 3.88. The average Bonchev–Trinajstić information content (AvgIpc) is 2.77. The molecule has 3 rings (SSSR count). The van der Waals surface area contributed by atoms with Crippen LogP contribution < -0.4 is 10.6 Å². The maximum absolute atomic E-state index is 12.0. The number of amides is 2.